The van der Waals surface area contributed by atoms with Gasteiger partial charge in [0, 0.05) is 20.2 Å². The van der Waals surface area contributed by atoms with E-state index in [0.717, 1.165) is 24.8 Å². The Balaban J connectivity index is 1.67. The zero-order chi connectivity index (χ0) is 24.0. The molecular weight excluding hydrogens is 468 g/mol. The molecule has 1 aliphatic heterocycles. The molecular formula is C23H27ClN2O6S. The fraction of sp³-hybridized carbons (Fsp3) is 0.391. The fourth-order valence-electron chi connectivity index (χ4n) is 3.44. The van der Waals surface area contributed by atoms with Gasteiger partial charge < -0.3 is 14.8 Å². The van der Waals surface area contributed by atoms with Gasteiger partial charge in [-0.25, -0.2) is 13.2 Å². The summed E-state index contributed by atoms with van der Waals surface area (Å²) in [5.41, 5.74) is 1.32. The van der Waals surface area contributed by atoms with Crippen LogP contribution in [-0.2, 0) is 30.9 Å². The molecule has 0 saturated carbocycles. The lowest BCUT2D eigenvalue weighted by Gasteiger charge is -2.26. The number of ether oxygens (including phenoxy) is 2. The molecule has 2 aromatic carbocycles. The SMILES string of the molecule is COCc1ccc(C(=O)OC(C)C(=O)Nc2cc(S(=O)(=O)N3CCCCC3)ccc2Cl)cc1. The molecule has 0 bridgehead atoms. The topological polar surface area (TPSA) is 102 Å². The van der Waals surface area contributed by atoms with Gasteiger partial charge in [0.25, 0.3) is 5.91 Å². The number of halogens is 1. The Kier molecular flexibility index (Phi) is 8.47. The molecule has 2 aromatic rings. The molecule has 3 rings (SSSR count). The van der Waals surface area contributed by atoms with Gasteiger partial charge in [-0.05, 0) is 55.7 Å². The van der Waals surface area contributed by atoms with Crippen LogP contribution in [0, 0.1) is 0 Å². The van der Waals surface area contributed by atoms with Crippen LogP contribution in [0.15, 0.2) is 47.4 Å². The minimum atomic E-state index is -3.69. The molecule has 0 spiro atoms. The monoisotopic (exact) mass is 494 g/mol. The lowest BCUT2D eigenvalue weighted by molar-refractivity contribution is -0.123. The van der Waals surface area contributed by atoms with Crippen LogP contribution in [0.25, 0.3) is 0 Å². The van der Waals surface area contributed by atoms with E-state index in [9.17, 15) is 18.0 Å². The van der Waals surface area contributed by atoms with Gasteiger partial charge in [-0.1, -0.05) is 30.2 Å². The molecule has 1 saturated heterocycles. The number of hydrogen-bond donors (Lipinski definition) is 1. The highest BCUT2D eigenvalue weighted by molar-refractivity contribution is 7.89. The summed E-state index contributed by atoms with van der Waals surface area (Å²) >= 11 is 6.18. The summed E-state index contributed by atoms with van der Waals surface area (Å²) in [6, 6.07) is 10.8. The number of rotatable bonds is 8. The van der Waals surface area contributed by atoms with E-state index in [1.807, 2.05) is 0 Å². The maximum Gasteiger partial charge on any atom is 0.338 e. The minimum Gasteiger partial charge on any atom is -0.449 e. The molecule has 0 radical (unpaired) electrons. The van der Waals surface area contributed by atoms with Crippen molar-refractivity contribution in [3.63, 3.8) is 0 Å². The number of hydrogen-bond acceptors (Lipinski definition) is 6. The second kappa shape index (κ2) is 11.1. The first-order chi connectivity index (χ1) is 15.7. The predicted molar refractivity (Wildman–Crippen MR) is 125 cm³/mol. The van der Waals surface area contributed by atoms with Crippen molar-refractivity contribution in [2.75, 3.05) is 25.5 Å². The number of esters is 1. The van der Waals surface area contributed by atoms with Crippen molar-refractivity contribution >= 4 is 39.2 Å². The van der Waals surface area contributed by atoms with Crippen LogP contribution in [0.1, 0.15) is 42.1 Å². The van der Waals surface area contributed by atoms with Crippen molar-refractivity contribution in [3.8, 4) is 0 Å². The lowest BCUT2D eigenvalue weighted by atomic mass is 10.1. The fourth-order valence-corrected chi connectivity index (χ4v) is 5.14. The van der Waals surface area contributed by atoms with E-state index >= 15 is 0 Å². The molecule has 33 heavy (non-hydrogen) atoms. The van der Waals surface area contributed by atoms with Crippen molar-refractivity contribution in [3.05, 3.63) is 58.6 Å². The van der Waals surface area contributed by atoms with Crippen LogP contribution in [0.3, 0.4) is 0 Å². The Morgan fingerprint density at radius 1 is 1.09 bits per heavy atom. The van der Waals surface area contributed by atoms with Gasteiger partial charge in [-0.15, -0.1) is 0 Å². The largest absolute Gasteiger partial charge is 0.449 e. The van der Waals surface area contributed by atoms with E-state index in [2.05, 4.69) is 5.32 Å². The number of carbonyl (C=O) groups is 2. The van der Waals surface area contributed by atoms with E-state index in [1.54, 1.807) is 31.4 Å². The van der Waals surface area contributed by atoms with Gasteiger partial charge in [0.1, 0.15) is 0 Å². The zero-order valence-electron chi connectivity index (χ0n) is 18.5. The summed E-state index contributed by atoms with van der Waals surface area (Å²) in [6.45, 7) is 2.77. The van der Waals surface area contributed by atoms with Crippen LogP contribution in [0.4, 0.5) is 5.69 Å². The Labute approximate surface area is 198 Å². The van der Waals surface area contributed by atoms with Crippen LogP contribution in [0.2, 0.25) is 5.02 Å². The summed E-state index contributed by atoms with van der Waals surface area (Å²) < 4.78 is 37.6. The number of nitrogens with one attached hydrogen (secondary N) is 1. The number of methoxy groups -OCH3 is 1. The third-order valence-electron chi connectivity index (χ3n) is 5.30. The molecule has 1 fully saturated rings. The number of anilines is 1. The zero-order valence-corrected chi connectivity index (χ0v) is 20.1. The van der Waals surface area contributed by atoms with Gasteiger partial charge >= 0.3 is 5.97 Å². The highest BCUT2D eigenvalue weighted by Crippen LogP contribution is 2.28. The smallest absolute Gasteiger partial charge is 0.338 e. The number of piperidine rings is 1. The van der Waals surface area contributed by atoms with Gasteiger partial charge in [0.05, 0.1) is 27.8 Å². The third kappa shape index (κ3) is 6.32. The number of carbonyl (C=O) groups excluding carboxylic acids is 2. The average Bonchev–Trinajstić information content (AvgIpc) is 2.81. The highest BCUT2D eigenvalue weighted by Gasteiger charge is 2.27. The lowest BCUT2D eigenvalue weighted by Crippen LogP contribution is -2.35. The minimum absolute atomic E-state index is 0.0462. The summed E-state index contributed by atoms with van der Waals surface area (Å²) in [4.78, 5) is 25.0. The van der Waals surface area contributed by atoms with Crippen molar-refractivity contribution in [2.45, 2.75) is 43.8 Å². The molecule has 1 N–H and O–H groups in total. The Morgan fingerprint density at radius 3 is 2.39 bits per heavy atom. The summed E-state index contributed by atoms with van der Waals surface area (Å²) in [7, 11) is -2.11. The normalized spacial score (nSPS) is 15.6. The second-order valence-electron chi connectivity index (χ2n) is 7.77. The molecule has 8 nitrogen and oxygen atoms in total. The molecule has 0 aromatic heterocycles. The van der Waals surface area contributed by atoms with Crippen LogP contribution < -0.4 is 5.32 Å². The molecule has 1 aliphatic rings. The summed E-state index contributed by atoms with van der Waals surface area (Å²) in [5, 5.41) is 2.73. The van der Waals surface area contributed by atoms with Crippen LogP contribution in [-0.4, -0.2) is 50.9 Å². The molecule has 1 heterocycles. The molecule has 1 atom stereocenters. The molecule has 10 heteroatoms. The molecule has 1 amide bonds. The first-order valence-corrected chi connectivity index (χ1v) is 12.4. The molecule has 0 aliphatic carbocycles. The Morgan fingerprint density at radius 2 is 1.76 bits per heavy atom. The van der Waals surface area contributed by atoms with Gasteiger partial charge in [0.15, 0.2) is 6.10 Å². The molecule has 178 valence electrons. The van der Waals surface area contributed by atoms with Crippen molar-refractivity contribution in [1.29, 1.82) is 0 Å². The van der Waals surface area contributed by atoms with Crippen molar-refractivity contribution in [2.24, 2.45) is 0 Å². The average molecular weight is 495 g/mol. The van der Waals surface area contributed by atoms with E-state index in [1.165, 1.54) is 29.4 Å². The third-order valence-corrected chi connectivity index (χ3v) is 7.53. The standard InChI is InChI=1S/C23H27ClN2O6S/c1-16(32-23(28)18-8-6-17(7-9-18)15-31-2)22(27)25-21-14-19(10-11-20(21)24)33(29,30)26-12-4-3-5-13-26/h6-11,14,16H,3-5,12-13,15H2,1-2H3,(H,25,27). The maximum absolute atomic E-state index is 12.9. The first-order valence-electron chi connectivity index (χ1n) is 10.6. The van der Waals surface area contributed by atoms with Crippen molar-refractivity contribution < 1.29 is 27.5 Å². The maximum atomic E-state index is 12.9. The van der Waals surface area contributed by atoms with Crippen LogP contribution in [0.5, 0.6) is 0 Å². The molecule has 1 unspecified atom stereocenters. The second-order valence-corrected chi connectivity index (χ2v) is 10.1. The summed E-state index contributed by atoms with van der Waals surface area (Å²) in [6.07, 6.45) is 1.50. The quantitative estimate of drug-likeness (QED) is 0.559. The van der Waals surface area contributed by atoms with Gasteiger partial charge in [0.2, 0.25) is 10.0 Å². The van der Waals surface area contributed by atoms with Crippen LogP contribution >= 0.6 is 11.6 Å². The van der Waals surface area contributed by atoms with Crippen molar-refractivity contribution in [1.82, 2.24) is 4.31 Å². The van der Waals surface area contributed by atoms with E-state index in [4.69, 9.17) is 21.1 Å². The van der Waals surface area contributed by atoms with Gasteiger partial charge in [-0.2, -0.15) is 4.31 Å². The Bertz CT molecular complexity index is 1100. The van der Waals surface area contributed by atoms with E-state index in [-0.39, 0.29) is 15.6 Å². The van der Waals surface area contributed by atoms with E-state index < -0.39 is 28.0 Å². The number of benzene rings is 2. The first kappa shape index (κ1) is 25.2. The predicted octanol–water partition coefficient (Wildman–Crippen LogP) is 3.85. The van der Waals surface area contributed by atoms with E-state index in [0.29, 0.717) is 25.3 Å². The number of amides is 1. The summed E-state index contributed by atoms with van der Waals surface area (Å²) in [5.74, 6) is -1.29. The number of sulfonamides is 1. The van der Waals surface area contributed by atoms with Gasteiger partial charge in [-0.3, -0.25) is 4.79 Å². The Hall–Kier alpha value is -2.46. The number of nitrogens with zero attached hydrogens (tertiary/aromatic N) is 1. The highest BCUT2D eigenvalue weighted by atomic mass is 35.5.